The van der Waals surface area contributed by atoms with Gasteiger partial charge in [-0.25, -0.2) is 18.2 Å². The lowest BCUT2D eigenvalue weighted by molar-refractivity contribution is -0.0453. The Balaban J connectivity index is 2.07. The number of phosphoric ester groups is 1. The number of aryl methyl sites for hydroxylation is 1. The van der Waals surface area contributed by atoms with Crippen molar-refractivity contribution in [3.63, 3.8) is 0 Å². The average Bonchev–Trinajstić information content (AvgIpc) is 2.93. The molecule has 6 atom stereocenters. The van der Waals surface area contributed by atoms with Gasteiger partial charge in [0.15, 0.2) is 0 Å². The van der Waals surface area contributed by atoms with Crippen LogP contribution in [0.15, 0.2) is 15.8 Å². The van der Waals surface area contributed by atoms with Gasteiger partial charge in [0.2, 0.25) is 0 Å². The standard InChI is InChI=1S/C11H19N2O13P3/c1-6-4-13(11(16)12(2)10(6)15)9-3-7(14)8(24-9)5-23-28(19,20)26-29(21,22)25-27(17)18/h4,7-9,14,27H,3,5H2,1-2H3,(H,17,18)(H,19,20)(H,21,22)/t7?,8-,9-/m1/s1. The quantitative estimate of drug-likeness (QED) is 0.334. The van der Waals surface area contributed by atoms with Crippen LogP contribution in [0.25, 0.3) is 0 Å². The lowest BCUT2D eigenvalue weighted by Gasteiger charge is -2.19. The monoisotopic (exact) mass is 480 g/mol. The van der Waals surface area contributed by atoms with E-state index in [9.17, 15) is 33.3 Å². The molecule has 2 rings (SSSR count). The molecule has 1 aliphatic rings. The number of aliphatic hydroxyl groups is 1. The summed E-state index contributed by atoms with van der Waals surface area (Å²) in [5.74, 6) is 0. The summed E-state index contributed by atoms with van der Waals surface area (Å²) in [5, 5.41) is 10.1. The van der Waals surface area contributed by atoms with Crippen LogP contribution >= 0.6 is 23.9 Å². The summed E-state index contributed by atoms with van der Waals surface area (Å²) in [4.78, 5) is 50.9. The lowest BCUT2D eigenvalue weighted by atomic mass is 10.2. The summed E-state index contributed by atoms with van der Waals surface area (Å²) in [6.07, 6.45) is -2.43. The Morgan fingerprint density at radius 2 is 1.93 bits per heavy atom. The lowest BCUT2D eigenvalue weighted by Crippen LogP contribution is -2.40. The minimum atomic E-state index is -5.37. The van der Waals surface area contributed by atoms with Crippen molar-refractivity contribution in [2.45, 2.75) is 31.8 Å². The molecule has 18 heteroatoms. The van der Waals surface area contributed by atoms with Gasteiger partial charge in [-0.15, -0.1) is 0 Å². The predicted molar refractivity (Wildman–Crippen MR) is 94.2 cm³/mol. The van der Waals surface area contributed by atoms with E-state index in [1.54, 1.807) is 0 Å². The minimum absolute atomic E-state index is 0.129. The molecule has 29 heavy (non-hydrogen) atoms. The molecule has 1 aromatic heterocycles. The third-order valence-electron chi connectivity index (χ3n) is 3.80. The number of hydrogen-bond acceptors (Lipinski definition) is 10. The fraction of sp³-hybridized carbons (Fsp3) is 0.636. The highest BCUT2D eigenvalue weighted by atomic mass is 31.3. The van der Waals surface area contributed by atoms with Crippen molar-refractivity contribution in [3.8, 4) is 0 Å². The van der Waals surface area contributed by atoms with E-state index < -0.39 is 60.2 Å². The largest absolute Gasteiger partial charge is 0.488 e. The van der Waals surface area contributed by atoms with E-state index in [0.29, 0.717) is 0 Å². The van der Waals surface area contributed by atoms with Crippen LogP contribution in [0.4, 0.5) is 0 Å². The van der Waals surface area contributed by atoms with Crippen molar-refractivity contribution in [1.82, 2.24) is 9.13 Å². The molecule has 3 unspecified atom stereocenters. The normalized spacial score (nSPS) is 27.3. The number of hydrogen-bond donors (Lipinski definition) is 4. The third-order valence-corrected chi connectivity index (χ3v) is 7.47. The number of phosphoric acid groups is 2. The van der Waals surface area contributed by atoms with E-state index in [1.165, 1.54) is 20.2 Å². The van der Waals surface area contributed by atoms with Crippen LogP contribution in [0.3, 0.4) is 0 Å². The number of aromatic nitrogens is 2. The molecule has 0 aromatic carbocycles. The van der Waals surface area contributed by atoms with E-state index in [1.807, 2.05) is 0 Å². The fourth-order valence-electron chi connectivity index (χ4n) is 2.52. The summed E-state index contributed by atoms with van der Waals surface area (Å²) in [6, 6.07) is 0. The van der Waals surface area contributed by atoms with Crippen LogP contribution in [0.1, 0.15) is 18.2 Å². The molecule has 2 heterocycles. The number of ether oxygens (including phenoxy) is 1. The number of rotatable bonds is 8. The van der Waals surface area contributed by atoms with Crippen LogP contribution < -0.4 is 11.2 Å². The van der Waals surface area contributed by atoms with Gasteiger partial charge in [-0.2, -0.15) is 4.31 Å². The molecule has 1 aromatic rings. The topological polar surface area (TPSA) is 213 Å². The Morgan fingerprint density at radius 3 is 2.52 bits per heavy atom. The zero-order chi connectivity index (χ0) is 22.1. The maximum absolute atomic E-state index is 12.2. The number of nitrogens with zero attached hydrogens (tertiary/aromatic N) is 2. The van der Waals surface area contributed by atoms with Gasteiger partial charge in [-0.1, -0.05) is 0 Å². The van der Waals surface area contributed by atoms with Crippen LogP contribution in [0, 0.1) is 6.92 Å². The molecule has 0 spiro atoms. The van der Waals surface area contributed by atoms with Gasteiger partial charge < -0.3 is 24.5 Å². The molecule has 0 bridgehead atoms. The van der Waals surface area contributed by atoms with Gasteiger partial charge in [0.25, 0.3) is 5.56 Å². The molecule has 1 aliphatic heterocycles. The Morgan fingerprint density at radius 1 is 1.31 bits per heavy atom. The second-order valence-electron chi connectivity index (χ2n) is 5.97. The van der Waals surface area contributed by atoms with Crippen molar-refractivity contribution in [2.75, 3.05) is 6.61 Å². The van der Waals surface area contributed by atoms with Crippen LogP contribution in [0.5, 0.6) is 0 Å². The third kappa shape index (κ3) is 6.27. The van der Waals surface area contributed by atoms with E-state index >= 15 is 0 Å². The van der Waals surface area contributed by atoms with E-state index in [4.69, 9.17) is 14.5 Å². The maximum atomic E-state index is 12.2. The van der Waals surface area contributed by atoms with Crippen molar-refractivity contribution >= 4 is 23.9 Å². The molecular weight excluding hydrogens is 461 g/mol. The van der Waals surface area contributed by atoms with Crippen molar-refractivity contribution in [3.05, 3.63) is 32.6 Å². The smallest absolute Gasteiger partial charge is 0.390 e. The van der Waals surface area contributed by atoms with E-state index in [2.05, 4.69) is 13.1 Å². The van der Waals surface area contributed by atoms with Gasteiger partial charge in [-0.3, -0.25) is 23.0 Å². The highest BCUT2D eigenvalue weighted by Crippen LogP contribution is 2.63. The zero-order valence-corrected chi connectivity index (χ0v) is 17.8. The zero-order valence-electron chi connectivity index (χ0n) is 15.0. The molecular formula is C11H19N2O13P3. The van der Waals surface area contributed by atoms with Crippen LogP contribution in [-0.4, -0.2) is 47.7 Å². The van der Waals surface area contributed by atoms with Crippen molar-refractivity contribution in [1.29, 1.82) is 0 Å². The van der Waals surface area contributed by atoms with Crippen LogP contribution in [-0.2, 0) is 38.6 Å². The second kappa shape index (κ2) is 9.04. The van der Waals surface area contributed by atoms with Crippen molar-refractivity contribution < 1.29 is 51.4 Å². The molecule has 0 saturated carbocycles. The molecule has 166 valence electrons. The molecule has 15 nitrogen and oxygen atoms in total. The fourth-order valence-corrected chi connectivity index (χ4v) is 5.31. The summed E-state index contributed by atoms with van der Waals surface area (Å²) >= 11 is 0. The second-order valence-corrected chi connectivity index (χ2v) is 10.0. The number of aliphatic hydroxyl groups excluding tert-OH is 1. The first-order valence-electron chi connectivity index (χ1n) is 7.79. The predicted octanol–water partition coefficient (Wildman–Crippen LogP) is -0.864. The first-order chi connectivity index (χ1) is 13.2. The minimum Gasteiger partial charge on any atom is -0.390 e. The van der Waals surface area contributed by atoms with Gasteiger partial charge in [0, 0.05) is 25.2 Å². The molecule has 0 aliphatic carbocycles. The molecule has 0 radical (unpaired) electrons. The Kier molecular flexibility index (Phi) is 7.59. The van der Waals surface area contributed by atoms with E-state index in [-0.39, 0.29) is 12.0 Å². The van der Waals surface area contributed by atoms with Gasteiger partial charge in [-0.05, 0) is 6.92 Å². The Hall–Kier alpha value is -0.950. The summed E-state index contributed by atoms with van der Waals surface area (Å²) in [5.41, 5.74) is -0.989. The van der Waals surface area contributed by atoms with Gasteiger partial charge in [0.05, 0.1) is 12.7 Å². The summed E-state index contributed by atoms with van der Waals surface area (Å²) in [7, 11) is -13.3. The molecule has 1 saturated heterocycles. The molecule has 1 fully saturated rings. The maximum Gasteiger partial charge on any atom is 0.488 e. The van der Waals surface area contributed by atoms with Gasteiger partial charge >= 0.3 is 29.6 Å². The Labute approximate surface area is 163 Å². The first-order valence-corrected chi connectivity index (χ1v) is 12.0. The first kappa shape index (κ1) is 24.3. The molecule has 4 N–H and O–H groups in total. The highest BCUT2D eigenvalue weighted by Gasteiger charge is 2.41. The highest BCUT2D eigenvalue weighted by molar-refractivity contribution is 7.64. The summed E-state index contributed by atoms with van der Waals surface area (Å²) in [6.45, 7) is 0.666. The average molecular weight is 480 g/mol. The van der Waals surface area contributed by atoms with Crippen molar-refractivity contribution in [2.24, 2.45) is 7.05 Å². The molecule has 0 amide bonds. The van der Waals surface area contributed by atoms with Gasteiger partial charge in [0.1, 0.15) is 12.3 Å². The summed E-state index contributed by atoms with van der Waals surface area (Å²) < 4.78 is 52.6. The van der Waals surface area contributed by atoms with Crippen LogP contribution in [0.2, 0.25) is 0 Å². The van der Waals surface area contributed by atoms with E-state index in [0.717, 1.165) is 9.13 Å². The SMILES string of the molecule is Cc1cn([C@H]2CC(O)[C@@H](CO[P@](=O)(O)OP(=O)(O)O[PH](=O)O)O2)c(=O)n(C)c1=O. The Bertz CT molecular complexity index is 1000.